The Morgan fingerprint density at radius 1 is 1.23 bits per heavy atom. The molecule has 0 unspecified atom stereocenters. The highest BCUT2D eigenvalue weighted by Crippen LogP contribution is 2.40. The number of hydrogen-bond donors (Lipinski definition) is 1. The highest BCUT2D eigenvalue weighted by atomic mass is 16.2. The number of fused-ring (bicyclic) bond motifs is 1. The summed E-state index contributed by atoms with van der Waals surface area (Å²) in [6, 6.07) is 9.55. The molecule has 154 valence electrons. The molecular weight excluding hydrogens is 378 g/mol. The van der Waals surface area contributed by atoms with E-state index in [4.69, 9.17) is 4.98 Å². The van der Waals surface area contributed by atoms with Gasteiger partial charge in [-0.1, -0.05) is 6.07 Å². The fourth-order valence-electron chi connectivity index (χ4n) is 4.06. The summed E-state index contributed by atoms with van der Waals surface area (Å²) in [7, 11) is 0. The molecule has 2 amide bonds. The van der Waals surface area contributed by atoms with Crippen LogP contribution in [0.3, 0.4) is 0 Å². The van der Waals surface area contributed by atoms with Crippen LogP contribution in [0.15, 0.2) is 36.5 Å². The lowest BCUT2D eigenvalue weighted by molar-refractivity contribution is -0.117. The third-order valence-corrected chi connectivity index (χ3v) is 5.81. The average molecular weight is 403 g/mol. The predicted molar refractivity (Wildman–Crippen MR) is 116 cm³/mol. The van der Waals surface area contributed by atoms with E-state index in [-0.39, 0.29) is 17.9 Å². The van der Waals surface area contributed by atoms with Crippen molar-refractivity contribution >= 4 is 34.2 Å². The molecule has 1 aliphatic carbocycles. The van der Waals surface area contributed by atoms with Crippen molar-refractivity contribution in [3.63, 3.8) is 0 Å². The van der Waals surface area contributed by atoms with Gasteiger partial charge in [0.2, 0.25) is 5.91 Å². The minimum atomic E-state index is -0.183. The van der Waals surface area contributed by atoms with Gasteiger partial charge in [-0.15, -0.1) is 0 Å². The lowest BCUT2D eigenvalue weighted by Crippen LogP contribution is -2.23. The smallest absolute Gasteiger partial charge is 0.256 e. The number of carbonyl (C=O) groups excluding carboxylic acids is 2. The second kappa shape index (κ2) is 7.23. The number of rotatable bonds is 5. The van der Waals surface area contributed by atoms with Gasteiger partial charge in [0.15, 0.2) is 5.65 Å². The van der Waals surface area contributed by atoms with E-state index >= 15 is 0 Å². The Morgan fingerprint density at radius 3 is 2.77 bits per heavy atom. The van der Waals surface area contributed by atoms with E-state index in [2.05, 4.69) is 24.3 Å². The summed E-state index contributed by atoms with van der Waals surface area (Å²) in [4.78, 5) is 31.9. The van der Waals surface area contributed by atoms with Gasteiger partial charge in [-0.3, -0.25) is 9.59 Å². The number of nitrogens with zero attached hydrogens (tertiary/aromatic N) is 4. The Labute approximate surface area is 175 Å². The van der Waals surface area contributed by atoms with E-state index in [1.807, 2.05) is 35.0 Å². The molecule has 2 fully saturated rings. The number of benzene rings is 1. The molecule has 5 rings (SSSR count). The first-order chi connectivity index (χ1) is 14.5. The van der Waals surface area contributed by atoms with Crippen LogP contribution in [-0.2, 0) is 4.79 Å². The minimum Gasteiger partial charge on any atom is -0.322 e. The van der Waals surface area contributed by atoms with Gasteiger partial charge in [0.1, 0.15) is 0 Å². The first-order valence-corrected chi connectivity index (χ1v) is 10.6. The maximum Gasteiger partial charge on any atom is 0.256 e. The number of anilines is 2. The van der Waals surface area contributed by atoms with Crippen LogP contribution < -0.4 is 10.2 Å². The van der Waals surface area contributed by atoms with Gasteiger partial charge < -0.3 is 10.2 Å². The van der Waals surface area contributed by atoms with Crippen LogP contribution in [0.2, 0.25) is 0 Å². The molecule has 1 aliphatic heterocycles. The van der Waals surface area contributed by atoms with Crippen molar-refractivity contribution in [2.24, 2.45) is 0 Å². The van der Waals surface area contributed by atoms with E-state index in [1.54, 1.807) is 11.1 Å². The van der Waals surface area contributed by atoms with Crippen molar-refractivity contribution in [1.29, 1.82) is 0 Å². The minimum absolute atomic E-state index is 0.129. The first-order valence-electron chi connectivity index (χ1n) is 10.6. The summed E-state index contributed by atoms with van der Waals surface area (Å²) in [5.41, 5.74) is 3.81. The van der Waals surface area contributed by atoms with E-state index in [0.29, 0.717) is 23.6 Å². The summed E-state index contributed by atoms with van der Waals surface area (Å²) in [5.74, 6) is 0.378. The number of nitrogens with one attached hydrogen (secondary N) is 1. The summed E-state index contributed by atoms with van der Waals surface area (Å²) >= 11 is 0. The van der Waals surface area contributed by atoms with Gasteiger partial charge in [-0.2, -0.15) is 5.10 Å². The molecule has 0 spiro atoms. The maximum atomic E-state index is 13.2. The van der Waals surface area contributed by atoms with E-state index in [0.717, 1.165) is 48.2 Å². The molecule has 7 heteroatoms. The molecule has 1 N–H and O–H groups in total. The largest absolute Gasteiger partial charge is 0.322 e. The zero-order chi connectivity index (χ0) is 20.8. The summed E-state index contributed by atoms with van der Waals surface area (Å²) in [6.07, 6.45) is 5.40. The van der Waals surface area contributed by atoms with Crippen LogP contribution in [0.5, 0.6) is 0 Å². The maximum absolute atomic E-state index is 13.2. The van der Waals surface area contributed by atoms with Gasteiger partial charge in [0, 0.05) is 42.0 Å². The van der Waals surface area contributed by atoms with Crippen LogP contribution in [0.25, 0.3) is 11.0 Å². The number of amides is 2. The molecular formula is C23H25N5O2. The standard InChI is InChI=1S/C23H25N5O2/c1-14(2)28-22-19(13-24-28)18(12-20(26-22)15-8-9-15)23(30)25-16-5-3-6-17(11-16)27-10-4-7-21(27)29/h3,5-6,11-15H,4,7-10H2,1-2H3,(H,25,30). The number of aromatic nitrogens is 3. The fourth-order valence-corrected chi connectivity index (χ4v) is 4.06. The van der Waals surface area contributed by atoms with Crippen LogP contribution in [0, 0.1) is 0 Å². The summed E-state index contributed by atoms with van der Waals surface area (Å²) < 4.78 is 1.87. The summed E-state index contributed by atoms with van der Waals surface area (Å²) in [5, 5.41) is 8.24. The number of pyridine rings is 1. The Balaban J connectivity index is 1.49. The van der Waals surface area contributed by atoms with Crippen LogP contribution in [-0.4, -0.2) is 33.1 Å². The zero-order valence-electron chi connectivity index (χ0n) is 17.3. The quantitative estimate of drug-likeness (QED) is 0.690. The van der Waals surface area contributed by atoms with Crippen LogP contribution in [0.1, 0.15) is 67.5 Å². The lowest BCUT2D eigenvalue weighted by atomic mass is 10.1. The highest BCUT2D eigenvalue weighted by molar-refractivity contribution is 6.12. The Kier molecular flexibility index (Phi) is 4.53. The SMILES string of the molecule is CC(C)n1ncc2c(C(=O)Nc3cccc(N4CCCC4=O)c3)cc(C3CC3)nc21. The average Bonchev–Trinajstić information content (AvgIpc) is 3.34. The third-order valence-electron chi connectivity index (χ3n) is 5.81. The van der Waals surface area contributed by atoms with E-state index < -0.39 is 0 Å². The topological polar surface area (TPSA) is 80.1 Å². The molecule has 1 saturated carbocycles. The first kappa shape index (κ1) is 18.8. The molecule has 2 aromatic heterocycles. The lowest BCUT2D eigenvalue weighted by Gasteiger charge is -2.17. The summed E-state index contributed by atoms with van der Waals surface area (Å²) in [6.45, 7) is 4.84. The van der Waals surface area contributed by atoms with E-state index in [1.165, 1.54) is 0 Å². The molecule has 30 heavy (non-hydrogen) atoms. The van der Waals surface area contributed by atoms with Gasteiger partial charge in [0.25, 0.3) is 5.91 Å². The van der Waals surface area contributed by atoms with Crippen molar-refractivity contribution in [1.82, 2.24) is 14.8 Å². The van der Waals surface area contributed by atoms with Crippen LogP contribution >= 0.6 is 0 Å². The molecule has 0 bridgehead atoms. The Morgan fingerprint density at radius 2 is 2.07 bits per heavy atom. The molecule has 0 radical (unpaired) electrons. The van der Waals surface area contributed by atoms with Crippen molar-refractivity contribution in [2.75, 3.05) is 16.8 Å². The van der Waals surface area contributed by atoms with Gasteiger partial charge >= 0.3 is 0 Å². The molecule has 0 atom stereocenters. The van der Waals surface area contributed by atoms with Gasteiger partial charge in [0.05, 0.1) is 17.1 Å². The second-order valence-electron chi connectivity index (χ2n) is 8.44. The van der Waals surface area contributed by atoms with Crippen molar-refractivity contribution < 1.29 is 9.59 Å². The highest BCUT2D eigenvalue weighted by Gasteiger charge is 2.28. The van der Waals surface area contributed by atoms with Crippen molar-refractivity contribution in [3.8, 4) is 0 Å². The normalized spacial score (nSPS) is 16.6. The number of carbonyl (C=O) groups is 2. The molecule has 3 aromatic rings. The van der Waals surface area contributed by atoms with Crippen LogP contribution in [0.4, 0.5) is 11.4 Å². The second-order valence-corrected chi connectivity index (χ2v) is 8.44. The van der Waals surface area contributed by atoms with Gasteiger partial charge in [-0.25, -0.2) is 9.67 Å². The Bertz CT molecular complexity index is 1150. The Hall–Kier alpha value is -3.22. The van der Waals surface area contributed by atoms with Crippen molar-refractivity contribution in [3.05, 3.63) is 47.8 Å². The third kappa shape index (κ3) is 3.34. The molecule has 3 heterocycles. The van der Waals surface area contributed by atoms with Gasteiger partial charge in [-0.05, 0) is 57.4 Å². The van der Waals surface area contributed by atoms with E-state index in [9.17, 15) is 9.59 Å². The number of hydrogen-bond acceptors (Lipinski definition) is 4. The molecule has 1 aromatic carbocycles. The molecule has 1 saturated heterocycles. The monoisotopic (exact) mass is 403 g/mol. The molecule has 7 nitrogen and oxygen atoms in total. The predicted octanol–water partition coefficient (Wildman–Crippen LogP) is 4.27. The fraction of sp³-hybridized carbons (Fsp3) is 0.391. The van der Waals surface area contributed by atoms with Crippen molar-refractivity contribution in [2.45, 2.75) is 51.5 Å². The zero-order valence-corrected chi connectivity index (χ0v) is 17.3. The molecule has 2 aliphatic rings.